The number of rotatable bonds is 8. The van der Waals surface area contributed by atoms with Crippen LogP contribution in [0.25, 0.3) is 0 Å². The first-order chi connectivity index (χ1) is 9.22. The molecule has 0 aromatic heterocycles. The Morgan fingerprint density at radius 2 is 1.95 bits per heavy atom. The van der Waals surface area contributed by atoms with Crippen molar-refractivity contribution in [3.63, 3.8) is 0 Å². The number of hydrogen-bond acceptors (Lipinski definition) is 3. The van der Waals surface area contributed by atoms with Crippen molar-refractivity contribution in [3.05, 3.63) is 24.3 Å². The molecule has 0 fully saturated rings. The van der Waals surface area contributed by atoms with Gasteiger partial charge < -0.3 is 14.8 Å². The molecule has 0 heterocycles. The normalized spacial score (nSPS) is 11.7. The molecule has 1 rings (SSSR count). The molecule has 0 radical (unpaired) electrons. The molecule has 1 N–H and O–H groups in total. The third-order valence-electron chi connectivity index (χ3n) is 2.83. The lowest BCUT2D eigenvalue weighted by Crippen LogP contribution is -2.38. The lowest BCUT2D eigenvalue weighted by molar-refractivity contribution is -0.128. The van der Waals surface area contributed by atoms with E-state index < -0.39 is 6.10 Å². The molecule has 0 aliphatic heterocycles. The maximum Gasteiger partial charge on any atom is 0.261 e. The highest BCUT2D eigenvalue weighted by Gasteiger charge is 2.19. The maximum atomic E-state index is 12.0. The van der Waals surface area contributed by atoms with Gasteiger partial charge in [-0.25, -0.2) is 0 Å². The summed E-state index contributed by atoms with van der Waals surface area (Å²) in [6.07, 6.45) is 2.19. The van der Waals surface area contributed by atoms with Crippen LogP contribution < -0.4 is 14.8 Å². The Kier molecular flexibility index (Phi) is 6.79. The van der Waals surface area contributed by atoms with E-state index in [1.165, 1.54) is 0 Å². The lowest BCUT2D eigenvalue weighted by atomic mass is 10.2. The summed E-state index contributed by atoms with van der Waals surface area (Å²) in [7, 11) is 1.59. The van der Waals surface area contributed by atoms with Gasteiger partial charge in [0.15, 0.2) is 17.6 Å². The van der Waals surface area contributed by atoms with Crippen molar-refractivity contribution >= 4 is 5.91 Å². The van der Waals surface area contributed by atoms with Crippen LogP contribution in [0.15, 0.2) is 24.3 Å². The van der Waals surface area contributed by atoms with E-state index in [0.717, 1.165) is 12.8 Å². The van der Waals surface area contributed by atoms with Crippen molar-refractivity contribution < 1.29 is 14.3 Å². The van der Waals surface area contributed by atoms with Gasteiger partial charge in [-0.1, -0.05) is 32.4 Å². The second-order valence-corrected chi connectivity index (χ2v) is 4.31. The molecule has 0 spiro atoms. The van der Waals surface area contributed by atoms with E-state index >= 15 is 0 Å². The minimum atomic E-state index is -0.479. The van der Waals surface area contributed by atoms with Crippen LogP contribution in [0.2, 0.25) is 0 Å². The fourth-order valence-electron chi connectivity index (χ4n) is 1.69. The topological polar surface area (TPSA) is 47.6 Å². The lowest BCUT2D eigenvalue weighted by Gasteiger charge is -2.18. The number of carbonyl (C=O) groups is 1. The summed E-state index contributed by atoms with van der Waals surface area (Å²) in [6.45, 7) is 4.72. The van der Waals surface area contributed by atoms with E-state index in [1.54, 1.807) is 13.2 Å². The van der Waals surface area contributed by atoms with Gasteiger partial charge in [-0.15, -0.1) is 0 Å². The van der Waals surface area contributed by atoms with Crippen molar-refractivity contribution in [1.82, 2.24) is 5.32 Å². The molecular formula is C15H23NO3. The molecule has 4 nitrogen and oxygen atoms in total. The monoisotopic (exact) mass is 265 g/mol. The average molecular weight is 265 g/mol. The number of carbonyl (C=O) groups excluding carboxylic acids is 1. The minimum absolute atomic E-state index is 0.0677. The summed E-state index contributed by atoms with van der Waals surface area (Å²) in [5.41, 5.74) is 0. The number of hydrogen-bond donors (Lipinski definition) is 1. The van der Waals surface area contributed by atoms with Crippen molar-refractivity contribution in [2.24, 2.45) is 0 Å². The molecule has 19 heavy (non-hydrogen) atoms. The van der Waals surface area contributed by atoms with Gasteiger partial charge in [-0.2, -0.15) is 0 Å². The Labute approximate surface area is 115 Å². The van der Waals surface area contributed by atoms with Crippen molar-refractivity contribution in [2.75, 3.05) is 13.7 Å². The first kappa shape index (κ1) is 15.3. The molecule has 0 saturated heterocycles. The molecule has 0 bridgehead atoms. The first-order valence-electron chi connectivity index (χ1n) is 6.80. The van der Waals surface area contributed by atoms with Gasteiger partial charge in [0.1, 0.15) is 0 Å². The van der Waals surface area contributed by atoms with Gasteiger partial charge in [-0.05, 0) is 25.0 Å². The summed E-state index contributed by atoms with van der Waals surface area (Å²) >= 11 is 0. The summed E-state index contributed by atoms with van der Waals surface area (Å²) in [4.78, 5) is 12.0. The highest BCUT2D eigenvalue weighted by atomic mass is 16.5. The zero-order valence-electron chi connectivity index (χ0n) is 11.9. The Balaban J connectivity index is 2.62. The molecule has 1 aromatic carbocycles. The quantitative estimate of drug-likeness (QED) is 0.735. The molecule has 0 saturated carbocycles. The van der Waals surface area contributed by atoms with E-state index in [0.29, 0.717) is 24.5 Å². The largest absolute Gasteiger partial charge is 0.493 e. The highest BCUT2D eigenvalue weighted by Crippen LogP contribution is 2.27. The molecule has 1 amide bonds. The zero-order valence-corrected chi connectivity index (χ0v) is 11.9. The summed E-state index contributed by atoms with van der Waals surface area (Å²) in [5.74, 6) is 1.17. The fourth-order valence-corrected chi connectivity index (χ4v) is 1.69. The Hall–Kier alpha value is -1.71. The van der Waals surface area contributed by atoms with Crippen LogP contribution in [0.4, 0.5) is 0 Å². The number of amides is 1. The predicted octanol–water partition coefficient (Wildman–Crippen LogP) is 2.77. The van der Waals surface area contributed by atoms with Gasteiger partial charge >= 0.3 is 0 Å². The molecule has 0 aliphatic rings. The van der Waals surface area contributed by atoms with E-state index in [1.807, 2.05) is 25.1 Å². The maximum absolute atomic E-state index is 12.0. The van der Waals surface area contributed by atoms with E-state index in [9.17, 15) is 4.79 Å². The molecular weight excluding hydrogens is 242 g/mol. The highest BCUT2D eigenvalue weighted by molar-refractivity contribution is 5.81. The van der Waals surface area contributed by atoms with Crippen LogP contribution in [-0.4, -0.2) is 25.7 Å². The Morgan fingerprint density at radius 3 is 2.53 bits per heavy atom. The van der Waals surface area contributed by atoms with Crippen LogP contribution in [0.3, 0.4) is 0 Å². The number of ether oxygens (including phenoxy) is 2. The number of methoxy groups -OCH3 is 1. The summed E-state index contributed by atoms with van der Waals surface area (Å²) in [6, 6.07) is 7.35. The second-order valence-electron chi connectivity index (χ2n) is 4.31. The van der Waals surface area contributed by atoms with Crippen LogP contribution in [0.5, 0.6) is 11.5 Å². The average Bonchev–Trinajstić information content (AvgIpc) is 2.45. The number of unbranched alkanes of at least 4 members (excludes halogenated alkanes) is 1. The van der Waals surface area contributed by atoms with Gasteiger partial charge in [0.25, 0.3) is 5.91 Å². The van der Waals surface area contributed by atoms with Crippen LogP contribution >= 0.6 is 0 Å². The number of benzene rings is 1. The Bertz CT molecular complexity index is 393. The molecule has 4 heteroatoms. The van der Waals surface area contributed by atoms with Crippen LogP contribution in [0, 0.1) is 0 Å². The molecule has 1 unspecified atom stereocenters. The summed E-state index contributed by atoms with van der Waals surface area (Å²) < 4.78 is 11.0. The minimum Gasteiger partial charge on any atom is -0.493 e. The second kappa shape index (κ2) is 8.40. The standard InChI is InChI=1S/C15H23NO3/c1-4-6-11-16-15(17)12(5-2)19-14-10-8-7-9-13(14)18-3/h7-10,12H,4-6,11H2,1-3H3,(H,16,17). The third-order valence-corrected chi connectivity index (χ3v) is 2.83. The van der Waals surface area contributed by atoms with Gasteiger partial charge in [0.05, 0.1) is 7.11 Å². The molecule has 0 aliphatic carbocycles. The predicted molar refractivity (Wildman–Crippen MR) is 75.6 cm³/mol. The van der Waals surface area contributed by atoms with Gasteiger partial charge in [0.2, 0.25) is 0 Å². The van der Waals surface area contributed by atoms with Crippen molar-refractivity contribution in [2.45, 2.75) is 39.2 Å². The van der Waals surface area contributed by atoms with E-state index in [-0.39, 0.29) is 5.91 Å². The number of nitrogens with one attached hydrogen (secondary N) is 1. The Morgan fingerprint density at radius 1 is 1.26 bits per heavy atom. The van der Waals surface area contributed by atoms with Crippen LogP contribution in [0.1, 0.15) is 33.1 Å². The molecule has 1 aromatic rings. The van der Waals surface area contributed by atoms with Crippen molar-refractivity contribution in [3.8, 4) is 11.5 Å². The molecule has 1 atom stereocenters. The van der Waals surface area contributed by atoms with E-state index in [4.69, 9.17) is 9.47 Å². The SMILES string of the molecule is CCCCNC(=O)C(CC)Oc1ccccc1OC. The van der Waals surface area contributed by atoms with Crippen molar-refractivity contribution in [1.29, 1.82) is 0 Å². The van der Waals surface area contributed by atoms with E-state index in [2.05, 4.69) is 12.2 Å². The smallest absolute Gasteiger partial charge is 0.261 e. The van der Waals surface area contributed by atoms with Gasteiger partial charge in [-0.3, -0.25) is 4.79 Å². The summed E-state index contributed by atoms with van der Waals surface area (Å²) in [5, 5.41) is 2.89. The van der Waals surface area contributed by atoms with Crippen LogP contribution in [-0.2, 0) is 4.79 Å². The third kappa shape index (κ3) is 4.81. The molecule has 106 valence electrons. The zero-order chi connectivity index (χ0) is 14.1. The van der Waals surface area contributed by atoms with Gasteiger partial charge in [0, 0.05) is 6.54 Å². The first-order valence-corrected chi connectivity index (χ1v) is 6.80. The fraction of sp³-hybridized carbons (Fsp3) is 0.533. The number of para-hydroxylation sites is 2.